The Bertz CT molecular complexity index is 493. The SMILES string of the molecule is CCOc1ccc(NC2CCOC(CC)C2)c([N+](=O)[O-])c1. The molecule has 0 bridgehead atoms. The summed E-state index contributed by atoms with van der Waals surface area (Å²) in [6, 6.07) is 5.16. The number of benzene rings is 1. The van der Waals surface area contributed by atoms with Gasteiger partial charge < -0.3 is 14.8 Å². The van der Waals surface area contributed by atoms with Gasteiger partial charge in [-0.25, -0.2) is 0 Å². The molecule has 1 aromatic rings. The molecule has 0 radical (unpaired) electrons. The first kappa shape index (κ1) is 15.6. The topological polar surface area (TPSA) is 73.6 Å². The maximum Gasteiger partial charge on any atom is 0.296 e. The van der Waals surface area contributed by atoms with Gasteiger partial charge in [0.15, 0.2) is 0 Å². The van der Waals surface area contributed by atoms with Crippen molar-refractivity contribution in [2.24, 2.45) is 0 Å². The van der Waals surface area contributed by atoms with Crippen LogP contribution in [-0.2, 0) is 4.74 Å². The van der Waals surface area contributed by atoms with Crippen LogP contribution in [0.4, 0.5) is 11.4 Å². The number of hydrogen-bond acceptors (Lipinski definition) is 5. The highest BCUT2D eigenvalue weighted by Crippen LogP contribution is 2.31. The van der Waals surface area contributed by atoms with Crippen molar-refractivity contribution in [3.05, 3.63) is 28.3 Å². The first-order valence-corrected chi connectivity index (χ1v) is 7.43. The van der Waals surface area contributed by atoms with Crippen LogP contribution in [0, 0.1) is 10.1 Å². The van der Waals surface area contributed by atoms with Crippen LogP contribution in [0.3, 0.4) is 0 Å². The van der Waals surface area contributed by atoms with E-state index in [0.717, 1.165) is 19.3 Å². The monoisotopic (exact) mass is 294 g/mol. The highest BCUT2D eigenvalue weighted by Gasteiger charge is 2.24. The number of nitrogens with one attached hydrogen (secondary N) is 1. The Kier molecular flexibility index (Phi) is 5.38. The Balaban J connectivity index is 2.13. The fraction of sp³-hybridized carbons (Fsp3) is 0.600. The minimum absolute atomic E-state index is 0.0560. The van der Waals surface area contributed by atoms with E-state index in [4.69, 9.17) is 9.47 Å². The van der Waals surface area contributed by atoms with Crippen molar-refractivity contribution in [1.29, 1.82) is 0 Å². The average Bonchev–Trinajstić information content (AvgIpc) is 2.49. The van der Waals surface area contributed by atoms with Crippen LogP contribution in [-0.4, -0.2) is 30.3 Å². The first-order chi connectivity index (χ1) is 10.1. The van der Waals surface area contributed by atoms with Crippen molar-refractivity contribution in [1.82, 2.24) is 0 Å². The Morgan fingerprint density at radius 2 is 2.29 bits per heavy atom. The van der Waals surface area contributed by atoms with Crippen LogP contribution in [0.15, 0.2) is 18.2 Å². The number of nitrogens with zero attached hydrogens (tertiary/aromatic N) is 1. The molecule has 0 saturated carbocycles. The molecule has 0 amide bonds. The molecule has 1 heterocycles. The molecule has 1 aliphatic heterocycles. The molecule has 0 aliphatic carbocycles. The molecule has 1 fully saturated rings. The second kappa shape index (κ2) is 7.26. The molecule has 0 spiro atoms. The molecule has 1 aliphatic rings. The summed E-state index contributed by atoms with van der Waals surface area (Å²) < 4.78 is 11.0. The smallest absolute Gasteiger partial charge is 0.296 e. The van der Waals surface area contributed by atoms with Crippen molar-refractivity contribution < 1.29 is 14.4 Å². The largest absolute Gasteiger partial charge is 0.494 e. The molecular weight excluding hydrogens is 272 g/mol. The summed E-state index contributed by atoms with van der Waals surface area (Å²) >= 11 is 0. The lowest BCUT2D eigenvalue weighted by atomic mass is 10.0. The van der Waals surface area contributed by atoms with Crippen molar-refractivity contribution in [2.75, 3.05) is 18.5 Å². The molecule has 116 valence electrons. The molecular formula is C15H22N2O4. The van der Waals surface area contributed by atoms with Gasteiger partial charge in [-0.15, -0.1) is 0 Å². The second-order valence-corrected chi connectivity index (χ2v) is 5.14. The van der Waals surface area contributed by atoms with Gasteiger partial charge in [0.25, 0.3) is 5.69 Å². The van der Waals surface area contributed by atoms with Gasteiger partial charge in [-0.3, -0.25) is 10.1 Å². The van der Waals surface area contributed by atoms with E-state index in [0.29, 0.717) is 24.7 Å². The number of nitro groups is 1. The van der Waals surface area contributed by atoms with E-state index in [1.54, 1.807) is 12.1 Å². The van der Waals surface area contributed by atoms with Crippen LogP contribution in [0.25, 0.3) is 0 Å². The molecule has 1 saturated heterocycles. The zero-order chi connectivity index (χ0) is 15.2. The number of nitro benzene ring substituents is 1. The molecule has 2 rings (SSSR count). The lowest BCUT2D eigenvalue weighted by molar-refractivity contribution is -0.384. The number of rotatable bonds is 6. The summed E-state index contributed by atoms with van der Waals surface area (Å²) in [5.41, 5.74) is 0.602. The van der Waals surface area contributed by atoms with Crippen molar-refractivity contribution in [3.63, 3.8) is 0 Å². The molecule has 6 heteroatoms. The third-order valence-corrected chi connectivity index (χ3v) is 3.66. The zero-order valence-electron chi connectivity index (χ0n) is 12.5. The minimum Gasteiger partial charge on any atom is -0.494 e. The molecule has 1 aromatic carbocycles. The van der Waals surface area contributed by atoms with E-state index in [-0.39, 0.29) is 22.8 Å². The van der Waals surface area contributed by atoms with Gasteiger partial charge in [0.2, 0.25) is 0 Å². The van der Waals surface area contributed by atoms with E-state index in [1.165, 1.54) is 6.07 Å². The summed E-state index contributed by atoms with van der Waals surface area (Å²) in [7, 11) is 0. The number of anilines is 1. The van der Waals surface area contributed by atoms with E-state index >= 15 is 0 Å². The number of hydrogen-bond donors (Lipinski definition) is 1. The molecule has 1 N–H and O–H groups in total. The van der Waals surface area contributed by atoms with Crippen LogP contribution in [0.5, 0.6) is 5.75 Å². The first-order valence-electron chi connectivity index (χ1n) is 7.43. The van der Waals surface area contributed by atoms with E-state index in [1.807, 2.05) is 6.92 Å². The van der Waals surface area contributed by atoms with Crippen molar-refractivity contribution in [2.45, 2.75) is 45.3 Å². The maximum atomic E-state index is 11.2. The normalized spacial score (nSPS) is 21.8. The molecule has 21 heavy (non-hydrogen) atoms. The summed E-state index contributed by atoms with van der Waals surface area (Å²) in [6.07, 6.45) is 2.93. The quantitative estimate of drug-likeness (QED) is 0.643. The average molecular weight is 294 g/mol. The van der Waals surface area contributed by atoms with Gasteiger partial charge in [-0.05, 0) is 38.3 Å². The van der Waals surface area contributed by atoms with Crippen LogP contribution < -0.4 is 10.1 Å². The number of ether oxygens (including phenoxy) is 2. The van der Waals surface area contributed by atoms with Crippen LogP contribution >= 0.6 is 0 Å². The lowest BCUT2D eigenvalue weighted by Crippen LogP contribution is -2.33. The van der Waals surface area contributed by atoms with E-state index in [9.17, 15) is 10.1 Å². The van der Waals surface area contributed by atoms with Crippen LogP contribution in [0.2, 0.25) is 0 Å². The molecule has 0 aromatic heterocycles. The Hall–Kier alpha value is -1.82. The van der Waals surface area contributed by atoms with Gasteiger partial charge in [0.1, 0.15) is 11.4 Å². The van der Waals surface area contributed by atoms with Crippen molar-refractivity contribution >= 4 is 11.4 Å². The summed E-state index contributed by atoms with van der Waals surface area (Å²) in [6.45, 7) is 5.13. The third-order valence-electron chi connectivity index (χ3n) is 3.66. The molecule has 2 unspecified atom stereocenters. The van der Waals surface area contributed by atoms with Gasteiger partial charge in [-0.2, -0.15) is 0 Å². The summed E-state index contributed by atoms with van der Waals surface area (Å²) in [5.74, 6) is 0.521. The van der Waals surface area contributed by atoms with E-state index in [2.05, 4.69) is 12.2 Å². The Morgan fingerprint density at radius 1 is 1.48 bits per heavy atom. The van der Waals surface area contributed by atoms with Gasteiger partial charge in [0.05, 0.1) is 23.7 Å². The highest BCUT2D eigenvalue weighted by atomic mass is 16.6. The zero-order valence-corrected chi connectivity index (χ0v) is 12.5. The van der Waals surface area contributed by atoms with Crippen molar-refractivity contribution in [3.8, 4) is 5.75 Å². The predicted octanol–water partition coefficient (Wildman–Crippen LogP) is 3.36. The molecule has 2 atom stereocenters. The fourth-order valence-electron chi connectivity index (χ4n) is 2.56. The predicted molar refractivity (Wildman–Crippen MR) is 80.9 cm³/mol. The van der Waals surface area contributed by atoms with E-state index < -0.39 is 0 Å². The third kappa shape index (κ3) is 4.07. The van der Waals surface area contributed by atoms with Gasteiger partial charge in [-0.1, -0.05) is 6.92 Å². The van der Waals surface area contributed by atoms with Gasteiger partial charge in [0, 0.05) is 12.6 Å². The minimum atomic E-state index is -0.374. The summed E-state index contributed by atoms with van der Waals surface area (Å²) in [5, 5.41) is 14.5. The van der Waals surface area contributed by atoms with Gasteiger partial charge >= 0.3 is 0 Å². The summed E-state index contributed by atoms with van der Waals surface area (Å²) in [4.78, 5) is 10.9. The second-order valence-electron chi connectivity index (χ2n) is 5.14. The lowest BCUT2D eigenvalue weighted by Gasteiger charge is -2.30. The maximum absolute atomic E-state index is 11.2. The Morgan fingerprint density at radius 3 is 2.95 bits per heavy atom. The fourth-order valence-corrected chi connectivity index (χ4v) is 2.56. The standard InChI is InChI=1S/C15H22N2O4/c1-3-12-9-11(7-8-21-12)16-14-6-5-13(20-4-2)10-15(14)17(18)19/h5-6,10-12,16H,3-4,7-9H2,1-2H3. The highest BCUT2D eigenvalue weighted by molar-refractivity contribution is 5.64. The Labute approximate surface area is 124 Å². The van der Waals surface area contributed by atoms with Crippen LogP contribution in [0.1, 0.15) is 33.1 Å². The molecule has 6 nitrogen and oxygen atoms in total.